The molecule has 2 nitrogen and oxygen atoms in total. The molecule has 11 rings (SSSR count). The van der Waals surface area contributed by atoms with Gasteiger partial charge >= 0.3 is 0 Å². The Morgan fingerprint density at radius 2 is 0.721 bits per heavy atom. The second-order valence-corrected chi connectivity index (χ2v) is 15.3. The average molecular weight is 781 g/mol. The smallest absolute Gasteiger partial charge is 0.0542 e. The van der Waals surface area contributed by atoms with Crippen molar-refractivity contribution < 1.29 is 0 Å². The minimum Gasteiger partial charge on any atom is -0.310 e. The molecular formula is C59H44N2. The molecule has 290 valence electrons. The monoisotopic (exact) mass is 780 g/mol. The lowest BCUT2D eigenvalue weighted by atomic mass is 9.85. The summed E-state index contributed by atoms with van der Waals surface area (Å²) in [6.45, 7) is 5.25. The van der Waals surface area contributed by atoms with Gasteiger partial charge in [-0.25, -0.2) is 0 Å². The van der Waals surface area contributed by atoms with Crippen LogP contribution in [0.3, 0.4) is 0 Å². The van der Waals surface area contributed by atoms with E-state index in [0.717, 1.165) is 22.7 Å². The van der Waals surface area contributed by atoms with Gasteiger partial charge in [-0.05, 0) is 123 Å². The summed E-state index contributed by atoms with van der Waals surface area (Å²) in [6.07, 6.45) is 1.75. The van der Waals surface area contributed by atoms with Gasteiger partial charge < -0.3 is 9.47 Å². The van der Waals surface area contributed by atoms with Crippen LogP contribution in [-0.2, 0) is 0 Å². The van der Waals surface area contributed by atoms with Crippen molar-refractivity contribution in [2.75, 3.05) is 4.90 Å². The van der Waals surface area contributed by atoms with Crippen molar-refractivity contribution in [2.45, 2.75) is 6.92 Å². The zero-order valence-corrected chi connectivity index (χ0v) is 34.1. The summed E-state index contributed by atoms with van der Waals surface area (Å²) in [5.74, 6) is 0. The van der Waals surface area contributed by atoms with Crippen molar-refractivity contribution in [3.63, 3.8) is 0 Å². The van der Waals surface area contributed by atoms with E-state index in [9.17, 15) is 0 Å². The first-order valence-electron chi connectivity index (χ1n) is 20.9. The van der Waals surface area contributed by atoms with E-state index in [-0.39, 0.29) is 0 Å². The Bertz CT molecular complexity index is 3190. The number of anilines is 3. The van der Waals surface area contributed by atoms with Crippen LogP contribution in [0.25, 0.3) is 82.4 Å². The van der Waals surface area contributed by atoms with E-state index in [1.54, 1.807) is 6.08 Å². The summed E-state index contributed by atoms with van der Waals surface area (Å²) in [7, 11) is 0. The second kappa shape index (κ2) is 16.4. The van der Waals surface area contributed by atoms with Crippen LogP contribution in [-0.4, -0.2) is 4.57 Å². The van der Waals surface area contributed by atoms with Gasteiger partial charge in [0.05, 0.1) is 11.0 Å². The van der Waals surface area contributed by atoms with Crippen LogP contribution in [0.2, 0.25) is 0 Å². The SMILES string of the molecule is C=CC.c1ccc(-c2ccc(-c3c4ccccc4c(-c4ccc(-n5c6ccccc6c6cc(N(c7ccccc7)c7ccccc7)ccc65)cc4)c4ccccc34)cc2)cc1. The molecule has 0 radical (unpaired) electrons. The van der Waals surface area contributed by atoms with Crippen molar-refractivity contribution in [1.29, 1.82) is 0 Å². The first kappa shape index (κ1) is 37.3. The summed E-state index contributed by atoms with van der Waals surface area (Å²) in [5.41, 5.74) is 14.3. The van der Waals surface area contributed by atoms with E-state index in [2.05, 4.69) is 247 Å². The quantitative estimate of drug-likeness (QED) is 0.116. The topological polar surface area (TPSA) is 8.17 Å². The largest absolute Gasteiger partial charge is 0.310 e. The molecule has 61 heavy (non-hydrogen) atoms. The third-order valence-electron chi connectivity index (χ3n) is 11.6. The Morgan fingerprint density at radius 1 is 0.344 bits per heavy atom. The minimum absolute atomic E-state index is 1.12. The number of benzene rings is 10. The normalized spacial score (nSPS) is 11.1. The maximum Gasteiger partial charge on any atom is 0.0542 e. The van der Waals surface area contributed by atoms with Gasteiger partial charge in [-0.1, -0.05) is 176 Å². The lowest BCUT2D eigenvalue weighted by Crippen LogP contribution is -2.09. The number of fused-ring (bicyclic) bond motifs is 5. The molecule has 0 bridgehead atoms. The molecule has 0 atom stereocenters. The van der Waals surface area contributed by atoms with Crippen LogP contribution < -0.4 is 4.90 Å². The standard InChI is InChI=1S/C56H38N2.C3H6/c1-4-16-39(17-5-1)40-28-30-41(31-29-40)55-48-23-10-12-25-50(48)56(51-26-13-11-24-49(51)55)42-32-34-45(35-33-42)58-53-27-15-14-22-47(53)52-38-46(36-37-54(52)58)57(43-18-6-2-7-19-43)44-20-8-3-9-21-44;1-3-2/h1-38H;3H,1H2,2H3. The van der Waals surface area contributed by atoms with E-state index in [4.69, 9.17) is 0 Å². The Kier molecular flexibility index (Phi) is 10.0. The molecule has 0 aliphatic rings. The van der Waals surface area contributed by atoms with Crippen LogP contribution >= 0.6 is 0 Å². The lowest BCUT2D eigenvalue weighted by Gasteiger charge is -2.25. The summed E-state index contributed by atoms with van der Waals surface area (Å²) >= 11 is 0. The van der Waals surface area contributed by atoms with Crippen LogP contribution in [0.5, 0.6) is 0 Å². The summed E-state index contributed by atoms with van der Waals surface area (Å²) < 4.78 is 2.41. The molecule has 1 aromatic heterocycles. The minimum atomic E-state index is 1.12. The van der Waals surface area contributed by atoms with Gasteiger partial charge in [0.1, 0.15) is 0 Å². The number of allylic oxidation sites excluding steroid dienone is 1. The average Bonchev–Trinajstić information content (AvgIpc) is 3.66. The first-order chi connectivity index (χ1) is 30.2. The molecule has 0 fully saturated rings. The predicted molar refractivity (Wildman–Crippen MR) is 263 cm³/mol. The zero-order chi connectivity index (χ0) is 41.1. The summed E-state index contributed by atoms with van der Waals surface area (Å²) in [5, 5.41) is 7.47. The molecule has 0 saturated heterocycles. The van der Waals surface area contributed by atoms with Gasteiger partial charge in [0.15, 0.2) is 0 Å². The highest BCUT2D eigenvalue weighted by molar-refractivity contribution is 6.21. The van der Waals surface area contributed by atoms with Gasteiger partial charge in [0.25, 0.3) is 0 Å². The summed E-state index contributed by atoms with van der Waals surface area (Å²) in [4.78, 5) is 2.33. The highest BCUT2D eigenvalue weighted by Gasteiger charge is 2.19. The van der Waals surface area contributed by atoms with E-state index in [1.165, 1.54) is 76.7 Å². The van der Waals surface area contributed by atoms with Gasteiger partial charge in [0.2, 0.25) is 0 Å². The third kappa shape index (κ3) is 6.84. The predicted octanol–water partition coefficient (Wildman–Crippen LogP) is 16.8. The molecule has 2 heteroatoms. The number of hydrogen-bond acceptors (Lipinski definition) is 1. The molecule has 0 amide bonds. The Balaban J connectivity index is 0.00000144. The van der Waals surface area contributed by atoms with Gasteiger partial charge in [-0.15, -0.1) is 6.58 Å². The Labute approximate surface area is 357 Å². The third-order valence-corrected chi connectivity index (χ3v) is 11.6. The summed E-state index contributed by atoms with van der Waals surface area (Å²) in [6, 6.07) is 83.5. The van der Waals surface area contributed by atoms with Crippen molar-refractivity contribution in [3.05, 3.63) is 243 Å². The van der Waals surface area contributed by atoms with Crippen molar-refractivity contribution >= 4 is 60.4 Å². The number of aromatic nitrogens is 1. The van der Waals surface area contributed by atoms with Gasteiger partial charge in [-0.3, -0.25) is 0 Å². The number of para-hydroxylation sites is 3. The molecule has 0 spiro atoms. The van der Waals surface area contributed by atoms with Crippen LogP contribution in [0.1, 0.15) is 6.92 Å². The number of hydrogen-bond donors (Lipinski definition) is 0. The molecule has 0 aliphatic heterocycles. The highest BCUT2D eigenvalue weighted by atomic mass is 15.1. The maximum atomic E-state index is 3.36. The first-order valence-corrected chi connectivity index (χ1v) is 20.9. The molecule has 0 unspecified atom stereocenters. The Hall–Kier alpha value is -7.94. The molecule has 11 aromatic rings. The zero-order valence-electron chi connectivity index (χ0n) is 34.1. The fourth-order valence-electron chi connectivity index (χ4n) is 8.97. The number of nitrogens with zero attached hydrogens (tertiary/aromatic N) is 2. The molecule has 0 saturated carbocycles. The van der Waals surface area contributed by atoms with Crippen LogP contribution in [0, 0.1) is 0 Å². The molecule has 0 aliphatic carbocycles. The molecule has 1 heterocycles. The fraction of sp³-hybridized carbons (Fsp3) is 0.0169. The molecular weight excluding hydrogens is 737 g/mol. The second-order valence-electron chi connectivity index (χ2n) is 15.3. The number of rotatable bonds is 7. The van der Waals surface area contributed by atoms with Crippen LogP contribution in [0.15, 0.2) is 243 Å². The van der Waals surface area contributed by atoms with E-state index >= 15 is 0 Å². The van der Waals surface area contributed by atoms with E-state index in [1.807, 2.05) is 6.92 Å². The highest BCUT2D eigenvalue weighted by Crippen LogP contribution is 2.45. The molecule has 10 aromatic carbocycles. The fourth-order valence-corrected chi connectivity index (χ4v) is 8.97. The van der Waals surface area contributed by atoms with Gasteiger partial charge in [-0.2, -0.15) is 0 Å². The lowest BCUT2D eigenvalue weighted by molar-refractivity contribution is 1.18. The van der Waals surface area contributed by atoms with Crippen molar-refractivity contribution in [2.24, 2.45) is 0 Å². The van der Waals surface area contributed by atoms with Crippen molar-refractivity contribution in [3.8, 4) is 39.1 Å². The van der Waals surface area contributed by atoms with E-state index in [0.29, 0.717) is 0 Å². The van der Waals surface area contributed by atoms with Crippen LogP contribution in [0.4, 0.5) is 17.1 Å². The molecule has 0 N–H and O–H groups in total. The van der Waals surface area contributed by atoms with Crippen molar-refractivity contribution in [1.82, 2.24) is 4.57 Å². The maximum absolute atomic E-state index is 3.36. The van der Waals surface area contributed by atoms with E-state index < -0.39 is 0 Å². The Morgan fingerprint density at radius 3 is 1.23 bits per heavy atom. The van der Waals surface area contributed by atoms with Gasteiger partial charge in [0, 0.05) is 33.5 Å².